The first-order valence-electron chi connectivity index (χ1n) is 7.19. The number of hydrogen-bond donors (Lipinski definition) is 1. The molecule has 122 valence electrons. The van der Waals surface area contributed by atoms with Gasteiger partial charge in [0.15, 0.2) is 9.84 Å². The summed E-state index contributed by atoms with van der Waals surface area (Å²) >= 11 is 7.00. The molecule has 0 spiro atoms. The Bertz CT molecular complexity index is 839. The normalized spacial score (nSPS) is 20.8. The Kier molecular flexibility index (Phi) is 4.49. The molecule has 1 heterocycles. The van der Waals surface area contributed by atoms with Crippen LogP contribution < -0.4 is 5.32 Å². The van der Waals surface area contributed by atoms with Crippen molar-refractivity contribution in [3.8, 4) is 0 Å². The Labute approximate surface area is 144 Å². The summed E-state index contributed by atoms with van der Waals surface area (Å²) in [4.78, 5) is 12.6. The molecule has 0 radical (unpaired) electrons. The molecule has 1 aliphatic rings. The molecule has 4 nitrogen and oxygen atoms in total. The van der Waals surface area contributed by atoms with E-state index < -0.39 is 9.84 Å². The van der Waals surface area contributed by atoms with Gasteiger partial charge in [0.1, 0.15) is 4.21 Å². The minimum Gasteiger partial charge on any atom is -0.349 e. The average Bonchev–Trinajstić information content (AvgIpc) is 2.92. The third kappa shape index (κ3) is 3.76. The minimum absolute atomic E-state index is 0.121. The molecular formula is C16H16ClNO3S2. The Morgan fingerprint density at radius 3 is 2.61 bits per heavy atom. The second-order valence-electron chi connectivity index (χ2n) is 5.78. The van der Waals surface area contributed by atoms with E-state index in [1.54, 1.807) is 6.07 Å². The standard InChI is InChI=1S/C16H16ClNO3S2/c1-23(20,21)15-6-5-14(22-15)16(19)18-13-8-11(9-13)10-3-2-4-12(17)7-10/h2-7,11,13H,8-9H2,1H3,(H,18,19). The summed E-state index contributed by atoms with van der Waals surface area (Å²) in [5, 5.41) is 3.68. The SMILES string of the molecule is CS(=O)(=O)c1ccc(C(=O)NC2CC(c3cccc(Cl)c3)C2)s1. The highest BCUT2D eigenvalue weighted by atomic mass is 35.5. The van der Waals surface area contributed by atoms with Crippen molar-refractivity contribution in [1.82, 2.24) is 5.32 Å². The lowest BCUT2D eigenvalue weighted by Gasteiger charge is -2.36. The van der Waals surface area contributed by atoms with Gasteiger partial charge in [-0.15, -0.1) is 11.3 Å². The van der Waals surface area contributed by atoms with Crippen molar-refractivity contribution in [2.24, 2.45) is 0 Å². The molecule has 0 aliphatic heterocycles. The second kappa shape index (κ2) is 6.26. The van der Waals surface area contributed by atoms with Gasteiger partial charge in [0.2, 0.25) is 0 Å². The molecule has 2 aromatic rings. The molecule has 0 saturated heterocycles. The fourth-order valence-electron chi connectivity index (χ4n) is 2.67. The van der Waals surface area contributed by atoms with E-state index in [1.165, 1.54) is 11.6 Å². The highest BCUT2D eigenvalue weighted by Crippen LogP contribution is 2.37. The van der Waals surface area contributed by atoms with Gasteiger partial charge in [0.05, 0.1) is 4.88 Å². The topological polar surface area (TPSA) is 63.2 Å². The van der Waals surface area contributed by atoms with Gasteiger partial charge in [-0.1, -0.05) is 23.7 Å². The van der Waals surface area contributed by atoms with E-state index in [2.05, 4.69) is 5.32 Å². The first-order valence-corrected chi connectivity index (χ1v) is 10.3. The van der Waals surface area contributed by atoms with Crippen LogP contribution in [0, 0.1) is 0 Å². The van der Waals surface area contributed by atoms with Crippen LogP contribution in [0.2, 0.25) is 5.02 Å². The van der Waals surface area contributed by atoms with Gasteiger partial charge >= 0.3 is 0 Å². The van der Waals surface area contributed by atoms with Crippen molar-refractivity contribution in [2.45, 2.75) is 29.0 Å². The van der Waals surface area contributed by atoms with E-state index in [-0.39, 0.29) is 16.2 Å². The maximum atomic E-state index is 12.2. The summed E-state index contributed by atoms with van der Waals surface area (Å²) in [5.41, 5.74) is 1.19. The minimum atomic E-state index is -3.26. The molecule has 1 N–H and O–H groups in total. The Balaban J connectivity index is 1.57. The fourth-order valence-corrected chi connectivity index (χ4v) is 4.70. The number of carbonyl (C=O) groups excluding carboxylic acids is 1. The smallest absolute Gasteiger partial charge is 0.261 e. The van der Waals surface area contributed by atoms with E-state index in [1.807, 2.05) is 24.3 Å². The number of nitrogens with one attached hydrogen (secondary N) is 1. The van der Waals surface area contributed by atoms with Crippen molar-refractivity contribution in [3.05, 3.63) is 51.9 Å². The van der Waals surface area contributed by atoms with Gasteiger partial charge in [-0.2, -0.15) is 0 Å². The van der Waals surface area contributed by atoms with Crippen LogP contribution in [-0.2, 0) is 9.84 Å². The van der Waals surface area contributed by atoms with Gasteiger partial charge in [0, 0.05) is 17.3 Å². The lowest BCUT2D eigenvalue weighted by atomic mass is 9.76. The molecule has 23 heavy (non-hydrogen) atoms. The van der Waals surface area contributed by atoms with Crippen LogP contribution in [0.5, 0.6) is 0 Å². The lowest BCUT2D eigenvalue weighted by molar-refractivity contribution is 0.0913. The molecule has 3 rings (SSSR count). The first-order chi connectivity index (χ1) is 10.8. The number of benzene rings is 1. The van der Waals surface area contributed by atoms with Gasteiger partial charge in [-0.3, -0.25) is 4.79 Å². The monoisotopic (exact) mass is 369 g/mol. The maximum absolute atomic E-state index is 12.2. The molecule has 1 saturated carbocycles. The molecule has 1 aliphatic carbocycles. The van der Waals surface area contributed by atoms with E-state index >= 15 is 0 Å². The van der Waals surface area contributed by atoms with Gasteiger partial charge in [-0.05, 0) is 48.6 Å². The molecule has 1 amide bonds. The number of thiophene rings is 1. The molecule has 1 aromatic heterocycles. The summed E-state index contributed by atoms with van der Waals surface area (Å²) in [6.45, 7) is 0. The van der Waals surface area contributed by atoms with Crippen LogP contribution in [0.1, 0.15) is 34.0 Å². The summed E-state index contributed by atoms with van der Waals surface area (Å²) in [6.07, 6.45) is 2.88. The molecule has 1 aromatic carbocycles. The van der Waals surface area contributed by atoms with Crippen molar-refractivity contribution < 1.29 is 13.2 Å². The maximum Gasteiger partial charge on any atom is 0.261 e. The van der Waals surface area contributed by atoms with Gasteiger partial charge < -0.3 is 5.32 Å². The van der Waals surface area contributed by atoms with Crippen LogP contribution in [0.4, 0.5) is 0 Å². The molecule has 0 atom stereocenters. The number of halogens is 1. The number of carbonyl (C=O) groups is 1. The first kappa shape index (κ1) is 16.5. The quantitative estimate of drug-likeness (QED) is 0.897. The predicted molar refractivity (Wildman–Crippen MR) is 92.1 cm³/mol. The highest BCUT2D eigenvalue weighted by molar-refractivity contribution is 7.92. The van der Waals surface area contributed by atoms with Crippen molar-refractivity contribution in [2.75, 3.05) is 6.26 Å². The summed E-state index contributed by atoms with van der Waals surface area (Å²) in [5.74, 6) is 0.202. The molecular weight excluding hydrogens is 354 g/mol. The second-order valence-corrected chi connectivity index (χ2v) is 9.55. The van der Waals surface area contributed by atoms with Crippen molar-refractivity contribution in [3.63, 3.8) is 0 Å². The zero-order valence-corrected chi connectivity index (χ0v) is 14.8. The molecule has 1 fully saturated rings. The van der Waals surface area contributed by atoms with Crippen molar-refractivity contribution >= 4 is 38.7 Å². The molecule has 0 unspecified atom stereocenters. The van der Waals surface area contributed by atoms with Crippen LogP contribution in [0.25, 0.3) is 0 Å². The fraction of sp³-hybridized carbons (Fsp3) is 0.312. The van der Waals surface area contributed by atoms with Crippen LogP contribution in [-0.4, -0.2) is 26.6 Å². The summed E-state index contributed by atoms with van der Waals surface area (Å²) in [6, 6.07) is 10.9. The van der Waals surface area contributed by atoms with Crippen LogP contribution >= 0.6 is 22.9 Å². The van der Waals surface area contributed by atoms with Gasteiger partial charge in [0.25, 0.3) is 5.91 Å². The lowest BCUT2D eigenvalue weighted by Crippen LogP contribution is -2.43. The number of hydrogen-bond acceptors (Lipinski definition) is 4. The molecule has 0 bridgehead atoms. The summed E-state index contributed by atoms with van der Waals surface area (Å²) < 4.78 is 23.1. The number of rotatable bonds is 4. The van der Waals surface area contributed by atoms with E-state index in [0.29, 0.717) is 10.8 Å². The largest absolute Gasteiger partial charge is 0.349 e. The van der Waals surface area contributed by atoms with Crippen LogP contribution in [0.3, 0.4) is 0 Å². The Morgan fingerprint density at radius 1 is 1.26 bits per heavy atom. The molecule has 7 heteroatoms. The Hall–Kier alpha value is -1.37. The average molecular weight is 370 g/mol. The van der Waals surface area contributed by atoms with E-state index in [0.717, 1.165) is 35.5 Å². The zero-order valence-electron chi connectivity index (χ0n) is 12.5. The highest BCUT2D eigenvalue weighted by Gasteiger charge is 2.32. The summed E-state index contributed by atoms with van der Waals surface area (Å²) in [7, 11) is -3.26. The van der Waals surface area contributed by atoms with E-state index in [9.17, 15) is 13.2 Å². The van der Waals surface area contributed by atoms with E-state index in [4.69, 9.17) is 11.6 Å². The Morgan fingerprint density at radius 2 is 2.00 bits per heavy atom. The number of amides is 1. The zero-order chi connectivity index (χ0) is 16.6. The third-order valence-electron chi connectivity index (χ3n) is 3.96. The predicted octanol–water partition coefficient (Wildman–Crippen LogP) is 3.48. The van der Waals surface area contributed by atoms with Crippen molar-refractivity contribution in [1.29, 1.82) is 0 Å². The van der Waals surface area contributed by atoms with Gasteiger partial charge in [-0.25, -0.2) is 8.42 Å². The number of sulfone groups is 1. The third-order valence-corrected chi connectivity index (χ3v) is 7.10. The van der Waals surface area contributed by atoms with Crippen LogP contribution in [0.15, 0.2) is 40.6 Å².